The molecule has 0 aliphatic rings. The molecule has 0 unspecified atom stereocenters. The van der Waals surface area contributed by atoms with Crippen LogP contribution in [0.4, 0.5) is 10.1 Å². The summed E-state index contributed by atoms with van der Waals surface area (Å²) in [5, 5.41) is 5.11. The summed E-state index contributed by atoms with van der Waals surface area (Å²) in [4.78, 5) is 13.1. The monoisotopic (exact) mass is 325 g/mol. The van der Waals surface area contributed by atoms with Gasteiger partial charge in [0.15, 0.2) is 0 Å². The Morgan fingerprint density at radius 2 is 1.70 bits per heavy atom. The van der Waals surface area contributed by atoms with Crippen LogP contribution in [0.5, 0.6) is 0 Å². The SMILES string of the molecule is O=C(CCSc1ccc(F)cc1)Nc1cccc2ccccc12. The van der Waals surface area contributed by atoms with Crippen LogP contribution in [0.1, 0.15) is 6.42 Å². The number of benzene rings is 3. The molecule has 3 aromatic carbocycles. The summed E-state index contributed by atoms with van der Waals surface area (Å²) < 4.78 is 12.8. The Hall–Kier alpha value is -2.33. The summed E-state index contributed by atoms with van der Waals surface area (Å²) in [7, 11) is 0. The molecule has 1 amide bonds. The van der Waals surface area contributed by atoms with Crippen molar-refractivity contribution in [3.63, 3.8) is 0 Å². The lowest BCUT2D eigenvalue weighted by Gasteiger charge is -2.08. The van der Waals surface area contributed by atoms with E-state index in [1.54, 1.807) is 23.9 Å². The van der Waals surface area contributed by atoms with Gasteiger partial charge >= 0.3 is 0 Å². The highest BCUT2D eigenvalue weighted by Crippen LogP contribution is 2.24. The van der Waals surface area contributed by atoms with E-state index in [1.165, 1.54) is 12.1 Å². The standard InChI is InChI=1S/C19H16FNOS/c20-15-8-10-16(11-9-15)23-13-12-19(22)21-18-7-3-5-14-4-1-2-6-17(14)18/h1-11H,12-13H2,(H,21,22). The highest BCUT2D eigenvalue weighted by molar-refractivity contribution is 7.99. The van der Waals surface area contributed by atoms with Crippen LogP contribution in [-0.4, -0.2) is 11.7 Å². The number of fused-ring (bicyclic) bond motifs is 1. The molecule has 0 spiro atoms. The Morgan fingerprint density at radius 3 is 2.52 bits per heavy atom. The zero-order valence-electron chi connectivity index (χ0n) is 12.5. The molecule has 0 aromatic heterocycles. The molecule has 0 aliphatic heterocycles. The van der Waals surface area contributed by atoms with Gasteiger partial charge in [-0.15, -0.1) is 11.8 Å². The van der Waals surface area contributed by atoms with Gasteiger partial charge in [0.25, 0.3) is 0 Å². The second kappa shape index (κ2) is 7.29. The Kier molecular flexibility index (Phi) is 4.93. The van der Waals surface area contributed by atoms with Crippen LogP contribution in [0.3, 0.4) is 0 Å². The Morgan fingerprint density at radius 1 is 0.957 bits per heavy atom. The fourth-order valence-electron chi connectivity index (χ4n) is 2.34. The number of thioether (sulfide) groups is 1. The van der Waals surface area contributed by atoms with Crippen molar-refractivity contribution >= 4 is 34.1 Å². The van der Waals surface area contributed by atoms with E-state index in [4.69, 9.17) is 0 Å². The van der Waals surface area contributed by atoms with E-state index in [9.17, 15) is 9.18 Å². The highest BCUT2D eigenvalue weighted by atomic mass is 32.2. The van der Waals surface area contributed by atoms with E-state index in [-0.39, 0.29) is 11.7 Å². The predicted octanol–water partition coefficient (Wildman–Crippen LogP) is 5.10. The largest absolute Gasteiger partial charge is 0.325 e. The molecule has 0 fully saturated rings. The molecule has 23 heavy (non-hydrogen) atoms. The summed E-state index contributed by atoms with van der Waals surface area (Å²) in [5.74, 6) is 0.390. The van der Waals surface area contributed by atoms with E-state index in [1.807, 2.05) is 42.5 Å². The normalized spacial score (nSPS) is 10.7. The second-order valence-electron chi connectivity index (χ2n) is 5.13. The number of rotatable bonds is 5. The van der Waals surface area contributed by atoms with E-state index in [2.05, 4.69) is 5.32 Å². The average molecular weight is 325 g/mol. The van der Waals surface area contributed by atoms with Crippen molar-refractivity contribution in [3.05, 3.63) is 72.5 Å². The molecule has 0 radical (unpaired) electrons. The van der Waals surface area contributed by atoms with Crippen LogP contribution < -0.4 is 5.32 Å². The molecule has 4 heteroatoms. The van der Waals surface area contributed by atoms with E-state index >= 15 is 0 Å². The molecule has 0 saturated carbocycles. The van der Waals surface area contributed by atoms with Crippen molar-refractivity contribution in [2.75, 3.05) is 11.1 Å². The number of hydrogen-bond donors (Lipinski definition) is 1. The number of halogens is 1. The summed E-state index contributed by atoms with van der Waals surface area (Å²) >= 11 is 1.54. The lowest BCUT2D eigenvalue weighted by atomic mass is 10.1. The van der Waals surface area contributed by atoms with Crippen molar-refractivity contribution in [2.45, 2.75) is 11.3 Å². The summed E-state index contributed by atoms with van der Waals surface area (Å²) in [6.45, 7) is 0. The molecule has 1 N–H and O–H groups in total. The van der Waals surface area contributed by atoms with Gasteiger partial charge < -0.3 is 5.32 Å². The molecule has 0 heterocycles. The predicted molar refractivity (Wildman–Crippen MR) is 94.3 cm³/mol. The van der Waals surface area contributed by atoms with Crippen LogP contribution in [0.25, 0.3) is 10.8 Å². The lowest BCUT2D eigenvalue weighted by molar-refractivity contribution is -0.115. The van der Waals surface area contributed by atoms with E-state index in [0.717, 1.165) is 21.4 Å². The fraction of sp³-hybridized carbons (Fsp3) is 0.105. The maximum Gasteiger partial charge on any atom is 0.225 e. The minimum atomic E-state index is -0.247. The lowest BCUT2D eigenvalue weighted by Crippen LogP contribution is -2.12. The number of carbonyl (C=O) groups is 1. The maximum absolute atomic E-state index is 12.8. The highest BCUT2D eigenvalue weighted by Gasteiger charge is 2.06. The topological polar surface area (TPSA) is 29.1 Å². The Bertz CT molecular complexity index is 812. The third kappa shape index (κ3) is 4.11. The van der Waals surface area contributed by atoms with Crippen molar-refractivity contribution in [2.24, 2.45) is 0 Å². The minimum Gasteiger partial charge on any atom is -0.325 e. The van der Waals surface area contributed by atoms with Gasteiger partial charge in [0.1, 0.15) is 5.82 Å². The Balaban J connectivity index is 1.57. The van der Waals surface area contributed by atoms with Crippen molar-refractivity contribution in [1.82, 2.24) is 0 Å². The zero-order chi connectivity index (χ0) is 16.1. The molecule has 0 aliphatic carbocycles. The number of carbonyl (C=O) groups excluding carboxylic acids is 1. The summed E-state index contributed by atoms with van der Waals surface area (Å²) in [5.41, 5.74) is 0.833. The first-order valence-electron chi connectivity index (χ1n) is 7.38. The first-order valence-corrected chi connectivity index (χ1v) is 8.37. The van der Waals surface area contributed by atoms with Gasteiger partial charge in [-0.1, -0.05) is 36.4 Å². The molecule has 0 saturated heterocycles. The molecule has 2 nitrogen and oxygen atoms in total. The van der Waals surface area contributed by atoms with E-state index in [0.29, 0.717) is 12.2 Å². The van der Waals surface area contributed by atoms with Gasteiger partial charge in [-0.25, -0.2) is 4.39 Å². The smallest absolute Gasteiger partial charge is 0.225 e. The fourth-order valence-corrected chi connectivity index (χ4v) is 3.19. The molecule has 0 bridgehead atoms. The first kappa shape index (κ1) is 15.6. The summed E-state index contributed by atoms with van der Waals surface area (Å²) in [6.07, 6.45) is 0.408. The quantitative estimate of drug-likeness (QED) is 0.661. The van der Waals surface area contributed by atoms with Gasteiger partial charge in [-0.3, -0.25) is 4.79 Å². The molecule has 116 valence electrons. The number of anilines is 1. The third-order valence-electron chi connectivity index (χ3n) is 3.48. The molecule has 3 aromatic rings. The van der Waals surface area contributed by atoms with E-state index < -0.39 is 0 Å². The molecule has 0 atom stereocenters. The number of hydrogen-bond acceptors (Lipinski definition) is 2. The van der Waals surface area contributed by atoms with Crippen LogP contribution in [-0.2, 0) is 4.79 Å². The van der Waals surface area contributed by atoms with Gasteiger partial charge in [0.2, 0.25) is 5.91 Å². The first-order chi connectivity index (χ1) is 11.2. The van der Waals surface area contributed by atoms with Crippen molar-refractivity contribution < 1.29 is 9.18 Å². The second-order valence-corrected chi connectivity index (χ2v) is 6.30. The third-order valence-corrected chi connectivity index (χ3v) is 4.49. The van der Waals surface area contributed by atoms with Crippen LogP contribution in [0.15, 0.2) is 71.6 Å². The molecule has 3 rings (SSSR count). The van der Waals surface area contributed by atoms with Crippen LogP contribution in [0, 0.1) is 5.82 Å². The zero-order valence-corrected chi connectivity index (χ0v) is 13.3. The van der Waals surface area contributed by atoms with Gasteiger partial charge in [0, 0.05) is 28.1 Å². The van der Waals surface area contributed by atoms with Crippen molar-refractivity contribution in [3.8, 4) is 0 Å². The van der Waals surface area contributed by atoms with Gasteiger partial charge in [-0.05, 0) is 35.7 Å². The summed E-state index contributed by atoms with van der Waals surface area (Å²) in [6, 6.07) is 20.1. The van der Waals surface area contributed by atoms with Gasteiger partial charge in [-0.2, -0.15) is 0 Å². The van der Waals surface area contributed by atoms with Crippen molar-refractivity contribution in [1.29, 1.82) is 0 Å². The van der Waals surface area contributed by atoms with Gasteiger partial charge in [0.05, 0.1) is 0 Å². The molecular formula is C19H16FNOS. The minimum absolute atomic E-state index is 0.0176. The Labute approximate surface area is 138 Å². The van der Waals surface area contributed by atoms with Crippen LogP contribution >= 0.6 is 11.8 Å². The average Bonchev–Trinajstić information content (AvgIpc) is 2.57. The number of amides is 1. The number of nitrogens with one attached hydrogen (secondary N) is 1. The maximum atomic E-state index is 12.8. The molecular weight excluding hydrogens is 309 g/mol. The van der Waals surface area contributed by atoms with Crippen LogP contribution in [0.2, 0.25) is 0 Å².